The SMILES string of the molecule is COC(C)(C)CCOC(=O)c1ccc(-c2cc(Cl)cc(Cl)c2Oc2ccc(NC(=O)CCC(=O)O)cc2)cc1. The lowest BCUT2D eigenvalue weighted by atomic mass is 10.0. The van der Waals surface area contributed by atoms with E-state index >= 15 is 0 Å². The summed E-state index contributed by atoms with van der Waals surface area (Å²) in [6.07, 6.45) is 0.187. The van der Waals surface area contributed by atoms with Crippen molar-refractivity contribution in [2.24, 2.45) is 0 Å². The van der Waals surface area contributed by atoms with Crippen LogP contribution in [0.3, 0.4) is 0 Å². The van der Waals surface area contributed by atoms with Crippen molar-refractivity contribution in [1.82, 2.24) is 0 Å². The molecule has 0 saturated heterocycles. The third-order valence-electron chi connectivity index (χ3n) is 5.85. The summed E-state index contributed by atoms with van der Waals surface area (Å²) in [6, 6.07) is 16.6. The number of halogens is 2. The minimum absolute atomic E-state index is 0.125. The van der Waals surface area contributed by atoms with Gasteiger partial charge in [0.2, 0.25) is 5.91 Å². The highest BCUT2D eigenvalue weighted by Crippen LogP contribution is 2.41. The lowest BCUT2D eigenvalue weighted by molar-refractivity contribution is -0.138. The molecule has 3 aromatic carbocycles. The van der Waals surface area contributed by atoms with E-state index < -0.39 is 17.8 Å². The fraction of sp³-hybridized carbons (Fsp3) is 0.276. The number of esters is 1. The predicted molar refractivity (Wildman–Crippen MR) is 150 cm³/mol. The van der Waals surface area contributed by atoms with Gasteiger partial charge in [-0.25, -0.2) is 4.79 Å². The van der Waals surface area contributed by atoms with Gasteiger partial charge < -0.3 is 24.6 Å². The van der Waals surface area contributed by atoms with E-state index in [0.717, 1.165) is 0 Å². The Morgan fingerprint density at radius 2 is 1.62 bits per heavy atom. The molecule has 1 amide bonds. The van der Waals surface area contributed by atoms with Crippen molar-refractivity contribution in [2.75, 3.05) is 19.0 Å². The number of carbonyl (C=O) groups excluding carboxylic acids is 2. The Labute approximate surface area is 236 Å². The molecule has 0 unspecified atom stereocenters. The smallest absolute Gasteiger partial charge is 0.338 e. The van der Waals surface area contributed by atoms with Crippen molar-refractivity contribution >= 4 is 46.7 Å². The normalized spacial score (nSPS) is 11.1. The molecule has 3 aromatic rings. The highest BCUT2D eigenvalue weighted by Gasteiger charge is 2.18. The first kappa shape index (κ1) is 30.0. The van der Waals surface area contributed by atoms with Gasteiger partial charge in [-0.15, -0.1) is 0 Å². The Hall–Kier alpha value is -3.59. The first-order chi connectivity index (χ1) is 18.5. The summed E-state index contributed by atoms with van der Waals surface area (Å²) in [6.45, 7) is 4.07. The maximum absolute atomic E-state index is 12.5. The molecule has 0 aliphatic rings. The highest BCUT2D eigenvalue weighted by atomic mass is 35.5. The fourth-order valence-corrected chi connectivity index (χ4v) is 3.94. The Bertz CT molecular complexity index is 1320. The lowest BCUT2D eigenvalue weighted by Gasteiger charge is -2.22. The van der Waals surface area contributed by atoms with Crippen molar-refractivity contribution in [1.29, 1.82) is 0 Å². The van der Waals surface area contributed by atoms with Crippen molar-refractivity contribution in [3.63, 3.8) is 0 Å². The first-order valence-corrected chi connectivity index (χ1v) is 12.8. The molecule has 0 aliphatic heterocycles. The van der Waals surface area contributed by atoms with E-state index in [1.165, 1.54) is 0 Å². The maximum atomic E-state index is 12.5. The molecule has 0 radical (unpaired) electrons. The number of benzene rings is 3. The van der Waals surface area contributed by atoms with Crippen molar-refractivity contribution < 1.29 is 33.7 Å². The Morgan fingerprint density at radius 1 is 0.949 bits per heavy atom. The zero-order valence-corrected chi connectivity index (χ0v) is 23.3. The van der Waals surface area contributed by atoms with Crippen LogP contribution < -0.4 is 10.1 Å². The molecule has 0 heterocycles. The standard InChI is InChI=1S/C29H29Cl2NO7/c1-29(2,37-3)14-15-38-28(36)19-6-4-18(5-7-19)23-16-20(30)17-24(31)27(23)39-22-10-8-21(9-11-22)32-25(33)12-13-26(34)35/h4-11,16-17H,12-15H2,1-3H3,(H,32,33)(H,34,35). The number of methoxy groups -OCH3 is 1. The number of ether oxygens (including phenoxy) is 3. The van der Waals surface area contributed by atoms with Crippen LogP contribution in [0.25, 0.3) is 11.1 Å². The molecule has 0 spiro atoms. The second-order valence-electron chi connectivity index (χ2n) is 9.26. The van der Waals surface area contributed by atoms with Crippen LogP contribution in [-0.2, 0) is 19.1 Å². The number of carbonyl (C=O) groups is 3. The topological polar surface area (TPSA) is 111 Å². The average Bonchev–Trinajstić information content (AvgIpc) is 2.90. The largest absolute Gasteiger partial charge is 0.481 e. The van der Waals surface area contributed by atoms with E-state index in [4.69, 9.17) is 42.5 Å². The minimum Gasteiger partial charge on any atom is -0.481 e. The average molecular weight is 574 g/mol. The van der Waals surface area contributed by atoms with E-state index in [0.29, 0.717) is 45.3 Å². The lowest BCUT2D eigenvalue weighted by Crippen LogP contribution is -2.25. The predicted octanol–water partition coefficient (Wildman–Crippen LogP) is 7.23. The maximum Gasteiger partial charge on any atom is 0.338 e. The van der Waals surface area contributed by atoms with E-state index in [1.807, 2.05) is 13.8 Å². The van der Waals surface area contributed by atoms with E-state index in [-0.39, 0.29) is 30.1 Å². The summed E-state index contributed by atoms with van der Waals surface area (Å²) in [5.74, 6) is -1.08. The number of hydrogen-bond donors (Lipinski definition) is 2. The van der Waals surface area contributed by atoms with Gasteiger partial charge in [0, 0.05) is 36.2 Å². The molecular weight excluding hydrogens is 545 g/mol. The fourth-order valence-electron chi connectivity index (χ4n) is 3.41. The van der Waals surface area contributed by atoms with Crippen LogP contribution in [0.15, 0.2) is 60.7 Å². The summed E-state index contributed by atoms with van der Waals surface area (Å²) >= 11 is 12.8. The van der Waals surface area contributed by atoms with Crippen LogP contribution >= 0.6 is 23.2 Å². The van der Waals surface area contributed by atoms with Crippen LogP contribution in [0.1, 0.15) is 43.5 Å². The third-order valence-corrected chi connectivity index (χ3v) is 6.35. The highest BCUT2D eigenvalue weighted by molar-refractivity contribution is 6.36. The molecule has 8 nitrogen and oxygen atoms in total. The van der Waals surface area contributed by atoms with Crippen LogP contribution in [0.2, 0.25) is 10.0 Å². The van der Waals surface area contributed by atoms with Crippen LogP contribution in [0.5, 0.6) is 11.5 Å². The number of anilines is 1. The molecule has 39 heavy (non-hydrogen) atoms. The molecule has 206 valence electrons. The summed E-state index contributed by atoms with van der Waals surface area (Å²) in [7, 11) is 1.61. The van der Waals surface area contributed by atoms with E-state index in [1.54, 1.807) is 67.8 Å². The van der Waals surface area contributed by atoms with Crippen molar-refractivity contribution in [3.8, 4) is 22.6 Å². The zero-order valence-electron chi connectivity index (χ0n) is 21.8. The number of hydrogen-bond acceptors (Lipinski definition) is 6. The Kier molecular flexibility index (Phi) is 10.3. The Morgan fingerprint density at radius 3 is 2.23 bits per heavy atom. The summed E-state index contributed by atoms with van der Waals surface area (Å²) in [4.78, 5) is 35.0. The van der Waals surface area contributed by atoms with Crippen LogP contribution in [0.4, 0.5) is 5.69 Å². The third kappa shape index (κ3) is 8.99. The second-order valence-corrected chi connectivity index (χ2v) is 10.1. The zero-order chi connectivity index (χ0) is 28.6. The number of carboxylic acids is 1. The molecule has 0 aromatic heterocycles. The van der Waals surface area contributed by atoms with Gasteiger partial charge >= 0.3 is 11.9 Å². The van der Waals surface area contributed by atoms with E-state index in [2.05, 4.69) is 5.32 Å². The van der Waals surface area contributed by atoms with Gasteiger partial charge in [-0.3, -0.25) is 9.59 Å². The van der Waals surface area contributed by atoms with Gasteiger partial charge in [0.1, 0.15) is 5.75 Å². The van der Waals surface area contributed by atoms with Gasteiger partial charge in [0.05, 0.1) is 29.2 Å². The minimum atomic E-state index is -1.04. The van der Waals surface area contributed by atoms with Crippen LogP contribution in [-0.4, -0.2) is 42.3 Å². The molecule has 0 fully saturated rings. The molecule has 2 N–H and O–H groups in total. The summed E-state index contributed by atoms with van der Waals surface area (Å²) in [5, 5.41) is 12.0. The summed E-state index contributed by atoms with van der Waals surface area (Å²) in [5.41, 5.74) is 1.83. The summed E-state index contributed by atoms with van der Waals surface area (Å²) < 4.78 is 16.8. The monoisotopic (exact) mass is 573 g/mol. The van der Waals surface area contributed by atoms with Gasteiger partial charge in [-0.1, -0.05) is 35.3 Å². The Balaban J connectivity index is 1.73. The van der Waals surface area contributed by atoms with Crippen molar-refractivity contribution in [3.05, 3.63) is 76.3 Å². The van der Waals surface area contributed by atoms with Crippen molar-refractivity contribution in [2.45, 2.75) is 38.7 Å². The second kappa shape index (κ2) is 13.5. The number of nitrogens with one attached hydrogen (secondary N) is 1. The molecule has 0 bridgehead atoms. The number of amides is 1. The molecular formula is C29H29Cl2NO7. The quantitative estimate of drug-likeness (QED) is 0.220. The van der Waals surface area contributed by atoms with Gasteiger partial charge in [0.15, 0.2) is 5.75 Å². The van der Waals surface area contributed by atoms with Gasteiger partial charge in [0.25, 0.3) is 0 Å². The number of rotatable bonds is 12. The molecule has 10 heteroatoms. The van der Waals surface area contributed by atoms with Gasteiger partial charge in [-0.05, 0) is 67.9 Å². The van der Waals surface area contributed by atoms with E-state index in [9.17, 15) is 14.4 Å². The van der Waals surface area contributed by atoms with Gasteiger partial charge in [-0.2, -0.15) is 0 Å². The number of aliphatic carboxylic acids is 1. The molecule has 0 atom stereocenters. The first-order valence-electron chi connectivity index (χ1n) is 12.1. The molecule has 0 saturated carbocycles. The number of carboxylic acid groups (broad SMARTS) is 1. The van der Waals surface area contributed by atoms with Crippen LogP contribution in [0, 0.1) is 0 Å². The molecule has 0 aliphatic carbocycles. The molecule has 3 rings (SSSR count).